The predicted molar refractivity (Wildman–Crippen MR) is 119 cm³/mol. The van der Waals surface area contributed by atoms with Crippen LogP contribution in [-0.4, -0.2) is 37.4 Å². The fraction of sp³-hybridized carbons (Fsp3) is 0.294. The number of halogens is 2. The molecule has 2 N–H and O–H groups in total. The number of benzene rings is 1. The van der Waals surface area contributed by atoms with Gasteiger partial charge in [0.2, 0.25) is 5.91 Å². The molecule has 0 atom stereocenters. The summed E-state index contributed by atoms with van der Waals surface area (Å²) in [4.78, 5) is 17.9. The molecule has 0 spiro atoms. The molecule has 2 aromatic rings. The number of hydrogen-bond donors (Lipinski definition) is 2. The highest BCUT2D eigenvalue weighted by Gasteiger charge is 2.06. The van der Waals surface area contributed by atoms with E-state index in [0.29, 0.717) is 19.0 Å². The summed E-state index contributed by atoms with van der Waals surface area (Å²) in [5.41, 5.74) is 2.30. The largest absolute Gasteiger partial charge is 0.352 e. The quantitative estimate of drug-likeness (QED) is 0.338. The molecule has 0 aliphatic heterocycles. The van der Waals surface area contributed by atoms with Gasteiger partial charge >= 0.3 is 0 Å². The van der Waals surface area contributed by atoms with E-state index in [2.05, 4.69) is 36.9 Å². The molecule has 2 rings (SSSR count). The summed E-state index contributed by atoms with van der Waals surface area (Å²) >= 11 is 5.08. The van der Waals surface area contributed by atoms with E-state index in [4.69, 9.17) is 0 Å². The number of likely N-dealkylation sites (N-methyl/N-ethyl adjacent to an activating group) is 1. The summed E-state index contributed by atoms with van der Waals surface area (Å²) in [5, 5.41) is 10.5. The minimum atomic E-state index is 0. The fourth-order valence-corrected chi connectivity index (χ4v) is 2.76. The van der Waals surface area contributed by atoms with E-state index in [-0.39, 0.29) is 36.4 Å². The second-order valence-corrected chi connectivity index (χ2v) is 7.11. The predicted octanol–water partition coefficient (Wildman–Crippen LogP) is 3.45. The lowest BCUT2D eigenvalue weighted by molar-refractivity contribution is -0.127. The van der Waals surface area contributed by atoms with Crippen molar-refractivity contribution in [2.75, 3.05) is 20.6 Å². The van der Waals surface area contributed by atoms with Gasteiger partial charge in [0.1, 0.15) is 0 Å². The standard InChI is InChI=1S/C17H21BrN4OS.HI/c1-22(2)16(23)11-21-17(20-10-14-7-8-24-12-14)19-9-13-3-5-15(18)6-4-13;/h3-8,12H,9-11H2,1-2H3,(H2,19,20,21);1H. The molecule has 1 amide bonds. The molecular weight excluding hydrogens is 515 g/mol. The lowest BCUT2D eigenvalue weighted by Gasteiger charge is -2.15. The van der Waals surface area contributed by atoms with Gasteiger partial charge < -0.3 is 15.5 Å². The topological polar surface area (TPSA) is 56.7 Å². The maximum absolute atomic E-state index is 11.8. The van der Waals surface area contributed by atoms with Crippen molar-refractivity contribution in [3.63, 3.8) is 0 Å². The molecule has 8 heteroatoms. The first-order valence-electron chi connectivity index (χ1n) is 7.52. The number of guanidine groups is 1. The van der Waals surface area contributed by atoms with Crippen LogP contribution in [0.2, 0.25) is 0 Å². The second kappa shape index (κ2) is 11.5. The smallest absolute Gasteiger partial charge is 0.241 e. The lowest BCUT2D eigenvalue weighted by atomic mass is 10.2. The fourth-order valence-electron chi connectivity index (χ4n) is 1.83. The SMILES string of the molecule is CN(C)C(=O)CNC(=NCc1ccsc1)NCc1ccc(Br)cc1.I. The Bertz CT molecular complexity index is 674. The van der Waals surface area contributed by atoms with Gasteiger partial charge in [-0.05, 0) is 40.1 Å². The van der Waals surface area contributed by atoms with Crippen LogP contribution in [0, 0.1) is 0 Å². The van der Waals surface area contributed by atoms with Gasteiger partial charge in [-0.2, -0.15) is 11.3 Å². The number of amides is 1. The summed E-state index contributed by atoms with van der Waals surface area (Å²) in [7, 11) is 3.48. The molecule has 0 radical (unpaired) electrons. The molecule has 1 aromatic heterocycles. The second-order valence-electron chi connectivity index (χ2n) is 5.42. The minimum absolute atomic E-state index is 0. The van der Waals surface area contributed by atoms with E-state index >= 15 is 0 Å². The van der Waals surface area contributed by atoms with Crippen LogP contribution >= 0.6 is 51.2 Å². The Kier molecular flexibility index (Phi) is 10.1. The van der Waals surface area contributed by atoms with Crippen molar-refractivity contribution in [3.8, 4) is 0 Å². The van der Waals surface area contributed by atoms with Crippen molar-refractivity contribution < 1.29 is 4.79 Å². The van der Waals surface area contributed by atoms with Gasteiger partial charge in [-0.15, -0.1) is 24.0 Å². The Hall–Kier alpha value is -1.13. The van der Waals surface area contributed by atoms with E-state index in [1.807, 2.05) is 35.7 Å². The summed E-state index contributed by atoms with van der Waals surface area (Å²) in [6, 6.07) is 10.1. The van der Waals surface area contributed by atoms with Gasteiger partial charge in [0.05, 0.1) is 13.1 Å². The summed E-state index contributed by atoms with van der Waals surface area (Å²) in [5.74, 6) is 0.628. The molecule has 0 bridgehead atoms. The molecule has 0 saturated heterocycles. The normalized spacial score (nSPS) is 10.8. The average molecular weight is 537 g/mol. The van der Waals surface area contributed by atoms with Crippen molar-refractivity contribution in [1.29, 1.82) is 0 Å². The molecule has 0 aliphatic rings. The van der Waals surface area contributed by atoms with Gasteiger partial charge in [0, 0.05) is 25.1 Å². The van der Waals surface area contributed by atoms with Crippen LogP contribution in [-0.2, 0) is 17.9 Å². The van der Waals surface area contributed by atoms with Gasteiger partial charge in [-0.25, -0.2) is 4.99 Å². The Labute approximate surface area is 178 Å². The molecule has 136 valence electrons. The highest BCUT2D eigenvalue weighted by molar-refractivity contribution is 14.0. The monoisotopic (exact) mass is 536 g/mol. The third-order valence-corrected chi connectivity index (χ3v) is 4.54. The molecule has 25 heavy (non-hydrogen) atoms. The maximum atomic E-state index is 11.8. The van der Waals surface area contributed by atoms with Crippen molar-refractivity contribution >= 4 is 63.1 Å². The first kappa shape index (κ1) is 21.9. The molecule has 1 heterocycles. The molecular formula is C17H22BrIN4OS. The highest BCUT2D eigenvalue weighted by atomic mass is 127. The number of carbonyl (C=O) groups excluding carboxylic acids is 1. The summed E-state index contributed by atoms with van der Waals surface area (Å²) in [6.45, 7) is 1.43. The molecule has 0 fully saturated rings. The zero-order valence-corrected chi connectivity index (χ0v) is 18.9. The van der Waals surface area contributed by atoms with E-state index in [1.165, 1.54) is 0 Å². The Morgan fingerprint density at radius 1 is 1.16 bits per heavy atom. The van der Waals surface area contributed by atoms with E-state index in [1.54, 1.807) is 30.3 Å². The Morgan fingerprint density at radius 2 is 1.88 bits per heavy atom. The Balaban J connectivity index is 0.00000312. The van der Waals surface area contributed by atoms with E-state index < -0.39 is 0 Å². The van der Waals surface area contributed by atoms with Crippen molar-refractivity contribution in [3.05, 3.63) is 56.7 Å². The number of carbonyl (C=O) groups is 1. The third-order valence-electron chi connectivity index (χ3n) is 3.28. The zero-order valence-electron chi connectivity index (χ0n) is 14.2. The Morgan fingerprint density at radius 3 is 2.48 bits per heavy atom. The van der Waals surface area contributed by atoms with Gasteiger partial charge in [0.25, 0.3) is 0 Å². The van der Waals surface area contributed by atoms with Crippen LogP contribution in [0.15, 0.2) is 50.6 Å². The van der Waals surface area contributed by atoms with Crippen LogP contribution in [0.3, 0.4) is 0 Å². The number of thiophene rings is 1. The first-order chi connectivity index (χ1) is 11.5. The van der Waals surface area contributed by atoms with Gasteiger partial charge in [-0.3, -0.25) is 4.79 Å². The average Bonchev–Trinajstić information content (AvgIpc) is 3.08. The summed E-state index contributed by atoms with van der Waals surface area (Å²) < 4.78 is 1.05. The van der Waals surface area contributed by atoms with Gasteiger partial charge in [0.15, 0.2) is 5.96 Å². The summed E-state index contributed by atoms with van der Waals surface area (Å²) in [6.07, 6.45) is 0. The number of hydrogen-bond acceptors (Lipinski definition) is 3. The highest BCUT2D eigenvalue weighted by Crippen LogP contribution is 2.10. The van der Waals surface area contributed by atoms with Crippen LogP contribution in [0.4, 0.5) is 0 Å². The first-order valence-corrected chi connectivity index (χ1v) is 9.26. The van der Waals surface area contributed by atoms with Crippen molar-refractivity contribution in [2.24, 2.45) is 4.99 Å². The van der Waals surface area contributed by atoms with Crippen molar-refractivity contribution in [1.82, 2.24) is 15.5 Å². The van der Waals surface area contributed by atoms with E-state index in [0.717, 1.165) is 15.6 Å². The number of rotatable bonds is 6. The molecule has 0 aliphatic carbocycles. The van der Waals surface area contributed by atoms with Crippen LogP contribution in [0.25, 0.3) is 0 Å². The van der Waals surface area contributed by atoms with Crippen molar-refractivity contribution in [2.45, 2.75) is 13.1 Å². The number of aliphatic imine (C=N–C) groups is 1. The van der Waals surface area contributed by atoms with E-state index in [9.17, 15) is 4.79 Å². The molecule has 0 unspecified atom stereocenters. The number of nitrogens with one attached hydrogen (secondary N) is 2. The van der Waals surface area contributed by atoms with Crippen LogP contribution < -0.4 is 10.6 Å². The lowest BCUT2D eigenvalue weighted by Crippen LogP contribution is -2.42. The molecule has 0 saturated carbocycles. The number of nitrogens with zero attached hydrogens (tertiary/aromatic N) is 2. The molecule has 5 nitrogen and oxygen atoms in total. The van der Waals surface area contributed by atoms with Gasteiger partial charge in [-0.1, -0.05) is 28.1 Å². The maximum Gasteiger partial charge on any atom is 0.241 e. The third kappa shape index (κ3) is 8.19. The minimum Gasteiger partial charge on any atom is -0.352 e. The zero-order chi connectivity index (χ0) is 17.4. The van der Waals surface area contributed by atoms with Crippen LogP contribution in [0.1, 0.15) is 11.1 Å². The van der Waals surface area contributed by atoms with Crippen LogP contribution in [0.5, 0.6) is 0 Å². The molecule has 1 aromatic carbocycles.